The maximum absolute atomic E-state index is 12.4. The number of nitrogens with zero attached hydrogens (tertiary/aromatic N) is 2. The van der Waals surface area contributed by atoms with E-state index in [1.54, 1.807) is 0 Å². The number of amides is 1. The minimum absolute atomic E-state index is 0.230. The molecule has 1 N–H and O–H groups in total. The molecule has 0 aliphatic rings. The highest BCUT2D eigenvalue weighted by Gasteiger charge is 2.20. The molecule has 0 saturated heterocycles. The number of carbonyl (C=O) groups is 1. The van der Waals surface area contributed by atoms with Gasteiger partial charge >= 0.3 is 0 Å². The van der Waals surface area contributed by atoms with Crippen molar-refractivity contribution in [2.45, 2.75) is 32.7 Å². The first-order chi connectivity index (χ1) is 10.3. The lowest BCUT2D eigenvalue weighted by molar-refractivity contribution is -0.116. The van der Waals surface area contributed by atoms with Crippen molar-refractivity contribution in [2.75, 3.05) is 27.2 Å². The first-order valence-corrected chi connectivity index (χ1v) is 7.52. The molecule has 1 amide bonds. The van der Waals surface area contributed by atoms with E-state index in [1.807, 2.05) is 65.2 Å². The van der Waals surface area contributed by atoms with Crippen molar-refractivity contribution in [3.8, 4) is 0 Å². The smallest absolute Gasteiger partial charge is 0.274 e. The molecular formula is C17H27N3O2. The zero-order chi connectivity index (χ0) is 16.6. The summed E-state index contributed by atoms with van der Waals surface area (Å²) in [7, 11) is 4.02. The Hall–Kier alpha value is -1.88. The third-order valence-corrected chi connectivity index (χ3v) is 2.75. The fourth-order valence-corrected chi connectivity index (χ4v) is 1.78. The van der Waals surface area contributed by atoms with E-state index in [1.165, 1.54) is 0 Å². The highest BCUT2D eigenvalue weighted by Crippen LogP contribution is 2.06. The predicted octanol–water partition coefficient (Wildman–Crippen LogP) is 2.27. The summed E-state index contributed by atoms with van der Waals surface area (Å²) in [6.45, 7) is 7.21. The lowest BCUT2D eigenvalue weighted by Crippen LogP contribution is -2.44. The average Bonchev–Trinajstić information content (AvgIpc) is 2.41. The van der Waals surface area contributed by atoms with E-state index < -0.39 is 0 Å². The maximum atomic E-state index is 12.4. The second-order valence-electron chi connectivity index (χ2n) is 6.50. The summed E-state index contributed by atoms with van der Waals surface area (Å²) < 4.78 is 0. The van der Waals surface area contributed by atoms with Gasteiger partial charge in [-0.25, -0.2) is 0 Å². The minimum atomic E-state index is -0.322. The number of carbonyl (C=O) groups excluding carboxylic acids is 1. The molecule has 0 unspecified atom stereocenters. The second kappa shape index (κ2) is 8.54. The van der Waals surface area contributed by atoms with Gasteiger partial charge in [0.1, 0.15) is 6.61 Å². The van der Waals surface area contributed by atoms with Gasteiger partial charge in [-0.15, -0.1) is 0 Å². The zero-order valence-electron chi connectivity index (χ0n) is 14.2. The van der Waals surface area contributed by atoms with Crippen LogP contribution < -0.4 is 5.32 Å². The first kappa shape index (κ1) is 18.2. The van der Waals surface area contributed by atoms with Crippen molar-refractivity contribution in [2.24, 2.45) is 5.16 Å². The quantitative estimate of drug-likeness (QED) is 0.478. The van der Waals surface area contributed by atoms with Gasteiger partial charge in [0, 0.05) is 17.6 Å². The zero-order valence-corrected chi connectivity index (χ0v) is 14.2. The molecule has 0 spiro atoms. The summed E-state index contributed by atoms with van der Waals surface area (Å²) in [5, 5.41) is 6.98. The van der Waals surface area contributed by atoms with Crippen LogP contribution in [0.2, 0.25) is 0 Å². The summed E-state index contributed by atoms with van der Waals surface area (Å²) in [5.74, 6) is -0.230. The molecule has 1 rings (SSSR count). The lowest BCUT2D eigenvalue weighted by Gasteiger charge is -2.21. The van der Waals surface area contributed by atoms with Gasteiger partial charge in [0.05, 0.1) is 0 Å². The Balaban J connectivity index is 2.77. The Bertz CT molecular complexity index is 490. The number of hydrogen-bond acceptors (Lipinski definition) is 4. The Morgan fingerprint density at radius 2 is 1.86 bits per heavy atom. The van der Waals surface area contributed by atoms with Gasteiger partial charge in [0.25, 0.3) is 5.91 Å². The number of benzene rings is 1. The van der Waals surface area contributed by atoms with Crippen molar-refractivity contribution >= 4 is 11.6 Å². The number of hydrogen-bond donors (Lipinski definition) is 1. The Morgan fingerprint density at radius 3 is 2.41 bits per heavy atom. The normalized spacial score (nSPS) is 12.4. The maximum Gasteiger partial charge on any atom is 0.274 e. The van der Waals surface area contributed by atoms with E-state index in [4.69, 9.17) is 4.84 Å². The summed E-state index contributed by atoms with van der Waals surface area (Å²) in [6.07, 6.45) is 0.861. The predicted molar refractivity (Wildman–Crippen MR) is 90.0 cm³/mol. The standard InChI is InChI=1S/C17H27N3O2/c1-17(2,3)18-16(21)15(14-10-7-6-8-11-14)19-22-13-9-12-20(4)5/h6-8,10-11H,9,12-13H2,1-5H3,(H,18,21)/b19-15+. The summed E-state index contributed by atoms with van der Waals surface area (Å²) in [6, 6.07) is 9.36. The van der Waals surface area contributed by atoms with Gasteiger partial charge in [-0.1, -0.05) is 35.5 Å². The molecule has 0 radical (unpaired) electrons. The SMILES string of the molecule is CN(C)CCCO/N=C(/C(=O)NC(C)(C)C)c1ccccc1. The largest absolute Gasteiger partial charge is 0.395 e. The number of oxime groups is 1. The summed E-state index contributed by atoms with van der Waals surface area (Å²) >= 11 is 0. The minimum Gasteiger partial charge on any atom is -0.395 e. The molecule has 5 heteroatoms. The molecule has 1 aromatic rings. The van der Waals surface area contributed by atoms with Crippen LogP contribution in [0, 0.1) is 0 Å². The van der Waals surface area contributed by atoms with E-state index in [0.29, 0.717) is 12.3 Å². The fourth-order valence-electron chi connectivity index (χ4n) is 1.78. The summed E-state index contributed by atoms with van der Waals surface area (Å²) in [5.41, 5.74) is 0.731. The van der Waals surface area contributed by atoms with E-state index in [9.17, 15) is 4.79 Å². The van der Waals surface area contributed by atoms with E-state index in [0.717, 1.165) is 18.5 Å². The Labute approximate surface area is 133 Å². The van der Waals surface area contributed by atoms with Crippen LogP contribution in [0.4, 0.5) is 0 Å². The first-order valence-electron chi connectivity index (χ1n) is 7.52. The van der Waals surface area contributed by atoms with Crippen LogP contribution in [0.5, 0.6) is 0 Å². The lowest BCUT2D eigenvalue weighted by atomic mass is 10.1. The van der Waals surface area contributed by atoms with Crippen molar-refractivity contribution < 1.29 is 9.63 Å². The van der Waals surface area contributed by atoms with Crippen LogP contribution >= 0.6 is 0 Å². The molecule has 0 aliphatic heterocycles. The molecule has 5 nitrogen and oxygen atoms in total. The van der Waals surface area contributed by atoms with Gasteiger partial charge in [-0.2, -0.15) is 0 Å². The van der Waals surface area contributed by atoms with Crippen LogP contribution in [0.1, 0.15) is 32.8 Å². The van der Waals surface area contributed by atoms with Crippen LogP contribution in [0.15, 0.2) is 35.5 Å². The monoisotopic (exact) mass is 305 g/mol. The molecule has 0 saturated carbocycles. The van der Waals surface area contributed by atoms with Crippen molar-refractivity contribution in [3.05, 3.63) is 35.9 Å². The van der Waals surface area contributed by atoms with Crippen molar-refractivity contribution in [1.82, 2.24) is 10.2 Å². The summed E-state index contributed by atoms with van der Waals surface area (Å²) in [4.78, 5) is 19.8. The van der Waals surface area contributed by atoms with E-state index in [-0.39, 0.29) is 11.4 Å². The molecule has 1 aromatic carbocycles. The highest BCUT2D eigenvalue weighted by molar-refractivity contribution is 6.45. The van der Waals surface area contributed by atoms with Crippen LogP contribution in [0.25, 0.3) is 0 Å². The van der Waals surface area contributed by atoms with E-state index >= 15 is 0 Å². The van der Waals surface area contributed by atoms with Crippen LogP contribution in [-0.2, 0) is 9.63 Å². The van der Waals surface area contributed by atoms with Gasteiger partial charge in [-0.3, -0.25) is 4.79 Å². The molecule has 0 aromatic heterocycles. The van der Waals surface area contributed by atoms with E-state index in [2.05, 4.69) is 15.4 Å². The van der Waals surface area contributed by atoms with Crippen LogP contribution in [-0.4, -0.2) is 49.3 Å². The molecule has 0 atom stereocenters. The molecule has 22 heavy (non-hydrogen) atoms. The van der Waals surface area contributed by atoms with Crippen LogP contribution in [0.3, 0.4) is 0 Å². The Morgan fingerprint density at radius 1 is 1.23 bits per heavy atom. The van der Waals surface area contributed by atoms with Crippen molar-refractivity contribution in [1.29, 1.82) is 0 Å². The average molecular weight is 305 g/mol. The van der Waals surface area contributed by atoms with Gasteiger partial charge in [-0.05, 0) is 41.3 Å². The highest BCUT2D eigenvalue weighted by atomic mass is 16.6. The van der Waals surface area contributed by atoms with Gasteiger partial charge in [0.2, 0.25) is 0 Å². The number of rotatable bonds is 7. The third kappa shape index (κ3) is 7.22. The molecule has 0 heterocycles. The molecule has 0 aliphatic carbocycles. The fraction of sp³-hybridized carbons (Fsp3) is 0.529. The van der Waals surface area contributed by atoms with Crippen molar-refractivity contribution in [3.63, 3.8) is 0 Å². The Kier molecular flexibility index (Phi) is 7.05. The van der Waals surface area contributed by atoms with Gasteiger partial charge in [0.15, 0.2) is 5.71 Å². The molecule has 0 fully saturated rings. The molecular weight excluding hydrogens is 278 g/mol. The topological polar surface area (TPSA) is 53.9 Å². The number of nitrogens with one attached hydrogen (secondary N) is 1. The third-order valence-electron chi connectivity index (χ3n) is 2.75. The van der Waals surface area contributed by atoms with Gasteiger partial charge < -0.3 is 15.1 Å². The second-order valence-corrected chi connectivity index (χ2v) is 6.50. The molecule has 122 valence electrons. The molecule has 0 bridgehead atoms.